The second kappa shape index (κ2) is 11.0. The number of rotatable bonds is 10. The number of carbonyl (C=O) groups is 1. The normalized spacial score (nSPS) is 12.1. The smallest absolute Gasteiger partial charge is 0.387 e. The van der Waals surface area contributed by atoms with Gasteiger partial charge in [0.1, 0.15) is 5.75 Å². The predicted molar refractivity (Wildman–Crippen MR) is 107 cm³/mol. The van der Waals surface area contributed by atoms with Crippen LogP contribution in [0.15, 0.2) is 48.5 Å². The van der Waals surface area contributed by atoms with E-state index in [0.29, 0.717) is 30.1 Å². The molecule has 0 aromatic heterocycles. The lowest BCUT2D eigenvalue weighted by molar-refractivity contribution is -0.117. The molecule has 7 heteroatoms. The van der Waals surface area contributed by atoms with Crippen LogP contribution in [0.3, 0.4) is 0 Å². The zero-order valence-electron chi connectivity index (χ0n) is 16.7. The molecule has 0 aliphatic rings. The van der Waals surface area contributed by atoms with Gasteiger partial charge in [0, 0.05) is 11.6 Å². The van der Waals surface area contributed by atoms with E-state index in [9.17, 15) is 13.6 Å². The Hall–Kier alpha value is -3.09. The highest BCUT2D eigenvalue weighted by molar-refractivity contribution is 5.92. The minimum Gasteiger partial charge on any atom is -0.493 e. The van der Waals surface area contributed by atoms with Crippen LogP contribution >= 0.6 is 0 Å². The number of hydrogen-bond acceptors (Lipinski definition) is 4. The van der Waals surface area contributed by atoms with E-state index in [1.54, 1.807) is 49.6 Å². The van der Waals surface area contributed by atoms with Gasteiger partial charge in [-0.25, -0.2) is 0 Å². The lowest BCUT2D eigenvalue weighted by Crippen LogP contribution is -2.27. The van der Waals surface area contributed by atoms with Crippen molar-refractivity contribution in [1.29, 1.82) is 0 Å². The molecule has 0 spiro atoms. The van der Waals surface area contributed by atoms with Crippen molar-refractivity contribution < 1.29 is 27.8 Å². The highest BCUT2D eigenvalue weighted by atomic mass is 19.3. The van der Waals surface area contributed by atoms with Crippen LogP contribution in [-0.4, -0.2) is 26.2 Å². The largest absolute Gasteiger partial charge is 0.493 e. The third-order valence-electron chi connectivity index (χ3n) is 4.15. The molecule has 1 unspecified atom stereocenters. The van der Waals surface area contributed by atoms with Crippen molar-refractivity contribution in [3.63, 3.8) is 0 Å². The molecule has 2 aromatic carbocycles. The van der Waals surface area contributed by atoms with Gasteiger partial charge in [0.05, 0.1) is 19.8 Å². The summed E-state index contributed by atoms with van der Waals surface area (Å²) in [5, 5.41) is 2.82. The molecule has 0 bridgehead atoms. The van der Waals surface area contributed by atoms with Crippen molar-refractivity contribution in [3.05, 3.63) is 59.7 Å². The molecule has 2 aromatic rings. The summed E-state index contributed by atoms with van der Waals surface area (Å²) >= 11 is 0. The summed E-state index contributed by atoms with van der Waals surface area (Å²) in [4.78, 5) is 12.4. The summed E-state index contributed by atoms with van der Waals surface area (Å²) in [6, 6.07) is 11.3. The topological polar surface area (TPSA) is 56.8 Å². The summed E-state index contributed by atoms with van der Waals surface area (Å²) in [5.41, 5.74) is 1.26. The molecule has 156 valence electrons. The maximum absolute atomic E-state index is 12.6. The van der Waals surface area contributed by atoms with Gasteiger partial charge in [-0.1, -0.05) is 31.2 Å². The van der Waals surface area contributed by atoms with Crippen molar-refractivity contribution in [2.24, 2.45) is 0 Å². The summed E-state index contributed by atoms with van der Waals surface area (Å²) in [6.45, 7) is 1.32. The first kappa shape index (κ1) is 22.2. The van der Waals surface area contributed by atoms with Crippen LogP contribution in [-0.2, 0) is 4.79 Å². The number of para-hydroxylation sites is 1. The van der Waals surface area contributed by atoms with Crippen molar-refractivity contribution in [2.45, 2.75) is 32.9 Å². The van der Waals surface area contributed by atoms with Crippen molar-refractivity contribution in [2.75, 3.05) is 13.7 Å². The molecule has 29 heavy (non-hydrogen) atoms. The Labute approximate surface area is 169 Å². The van der Waals surface area contributed by atoms with Crippen LogP contribution in [0.25, 0.3) is 6.08 Å². The first-order valence-corrected chi connectivity index (χ1v) is 9.31. The Morgan fingerprint density at radius 2 is 1.86 bits per heavy atom. The Morgan fingerprint density at radius 1 is 1.10 bits per heavy atom. The van der Waals surface area contributed by atoms with E-state index in [0.717, 1.165) is 5.56 Å². The summed E-state index contributed by atoms with van der Waals surface area (Å²) in [7, 11) is 1.54. The van der Waals surface area contributed by atoms with Gasteiger partial charge in [0.15, 0.2) is 11.5 Å². The summed E-state index contributed by atoms with van der Waals surface area (Å²) in [6.07, 6.45) is 3.54. The molecule has 0 heterocycles. The minimum atomic E-state index is -2.93. The Balaban J connectivity index is 2.11. The van der Waals surface area contributed by atoms with Crippen LogP contribution in [0.1, 0.15) is 37.4 Å². The van der Waals surface area contributed by atoms with Gasteiger partial charge in [-0.05, 0) is 43.2 Å². The molecule has 0 aliphatic heterocycles. The lowest BCUT2D eigenvalue weighted by Gasteiger charge is -2.19. The van der Waals surface area contributed by atoms with Gasteiger partial charge in [0.25, 0.3) is 0 Å². The van der Waals surface area contributed by atoms with Gasteiger partial charge < -0.3 is 19.5 Å². The Kier molecular flexibility index (Phi) is 8.45. The number of ether oxygens (including phenoxy) is 3. The number of carbonyl (C=O) groups excluding carboxylic acids is 1. The van der Waals surface area contributed by atoms with E-state index < -0.39 is 12.7 Å². The fraction of sp³-hybridized carbons (Fsp3) is 0.318. The summed E-state index contributed by atoms with van der Waals surface area (Å²) in [5.74, 6) is 0.892. The number of amides is 1. The Bertz CT molecular complexity index is 839. The van der Waals surface area contributed by atoms with Gasteiger partial charge in [-0.15, -0.1) is 0 Å². The zero-order chi connectivity index (χ0) is 21.2. The first-order chi connectivity index (χ1) is 14.0. The molecule has 0 aliphatic carbocycles. The number of nitrogens with one attached hydrogen (secondary N) is 1. The van der Waals surface area contributed by atoms with Crippen molar-refractivity contribution in [1.82, 2.24) is 5.32 Å². The van der Waals surface area contributed by atoms with Crippen molar-refractivity contribution in [3.8, 4) is 17.2 Å². The fourth-order valence-electron chi connectivity index (χ4n) is 2.83. The SMILES string of the molecule is CCOc1ccc(/C=C/C(=O)NC(CC)c2ccccc2OC(F)F)cc1OC. The standard InChI is InChI=1S/C22H25F2NO4/c1-4-17(16-8-6-7-9-18(16)29-22(23)24)25-21(26)13-11-15-10-12-19(28-5-2)20(14-15)27-3/h6-14,17,22H,4-5H2,1-3H3,(H,25,26)/b13-11+. The van der Waals surface area contributed by atoms with Crippen LogP contribution in [0, 0.1) is 0 Å². The molecule has 1 amide bonds. The van der Waals surface area contributed by atoms with Crippen molar-refractivity contribution >= 4 is 12.0 Å². The van der Waals surface area contributed by atoms with Gasteiger partial charge in [-0.2, -0.15) is 8.78 Å². The third kappa shape index (κ3) is 6.48. The number of hydrogen-bond donors (Lipinski definition) is 1. The van der Waals surface area contributed by atoms with Gasteiger partial charge in [0.2, 0.25) is 5.91 Å². The second-order valence-corrected chi connectivity index (χ2v) is 6.06. The fourth-order valence-corrected chi connectivity index (χ4v) is 2.83. The minimum absolute atomic E-state index is 0.0508. The van der Waals surface area contributed by atoms with E-state index in [1.807, 2.05) is 13.8 Å². The third-order valence-corrected chi connectivity index (χ3v) is 4.15. The molecule has 0 saturated carbocycles. The van der Waals surface area contributed by atoms with Gasteiger partial charge >= 0.3 is 6.61 Å². The first-order valence-electron chi connectivity index (χ1n) is 9.31. The molecule has 0 radical (unpaired) electrons. The number of alkyl halides is 2. The predicted octanol–water partition coefficient (Wildman–Crippen LogP) is 4.98. The van der Waals surface area contributed by atoms with E-state index in [-0.39, 0.29) is 11.7 Å². The summed E-state index contributed by atoms with van der Waals surface area (Å²) < 4.78 is 40.6. The Morgan fingerprint density at radius 3 is 2.52 bits per heavy atom. The van der Waals surface area contributed by atoms with E-state index in [4.69, 9.17) is 9.47 Å². The molecule has 5 nitrogen and oxygen atoms in total. The van der Waals surface area contributed by atoms with Crippen LogP contribution in [0.4, 0.5) is 8.78 Å². The van der Waals surface area contributed by atoms with E-state index in [1.165, 1.54) is 12.1 Å². The zero-order valence-corrected chi connectivity index (χ0v) is 16.7. The number of benzene rings is 2. The average Bonchev–Trinajstić information content (AvgIpc) is 2.71. The molecule has 0 saturated heterocycles. The average molecular weight is 405 g/mol. The molecule has 1 atom stereocenters. The molecule has 1 N–H and O–H groups in total. The maximum Gasteiger partial charge on any atom is 0.387 e. The van der Waals surface area contributed by atoms with Crippen LogP contribution in [0.5, 0.6) is 17.2 Å². The van der Waals surface area contributed by atoms with Gasteiger partial charge in [-0.3, -0.25) is 4.79 Å². The number of halogens is 2. The maximum atomic E-state index is 12.6. The van der Waals surface area contributed by atoms with E-state index >= 15 is 0 Å². The van der Waals surface area contributed by atoms with Crippen LogP contribution in [0.2, 0.25) is 0 Å². The molecule has 2 rings (SSSR count). The molecular weight excluding hydrogens is 380 g/mol. The number of methoxy groups -OCH3 is 1. The monoisotopic (exact) mass is 405 g/mol. The quantitative estimate of drug-likeness (QED) is 0.567. The lowest BCUT2D eigenvalue weighted by atomic mass is 10.0. The highest BCUT2D eigenvalue weighted by Gasteiger charge is 2.18. The molecular formula is C22H25F2NO4. The highest BCUT2D eigenvalue weighted by Crippen LogP contribution is 2.29. The van der Waals surface area contributed by atoms with E-state index in [2.05, 4.69) is 10.1 Å². The molecule has 0 fully saturated rings. The van der Waals surface area contributed by atoms with Crippen LogP contribution < -0.4 is 19.5 Å². The second-order valence-electron chi connectivity index (χ2n) is 6.06.